The van der Waals surface area contributed by atoms with E-state index in [1.54, 1.807) is 7.11 Å². The molecule has 3 rings (SSSR count). The highest BCUT2D eigenvalue weighted by molar-refractivity contribution is 6.63. The van der Waals surface area contributed by atoms with Crippen molar-refractivity contribution in [1.82, 2.24) is 0 Å². The van der Waals surface area contributed by atoms with Gasteiger partial charge in [-0.2, -0.15) is 0 Å². The molecule has 5 heteroatoms. The van der Waals surface area contributed by atoms with Gasteiger partial charge in [0.15, 0.2) is 0 Å². The average Bonchev–Trinajstić information content (AvgIpc) is 2.86. The molecular weight excluding hydrogens is 339 g/mol. The maximum Gasteiger partial charge on any atom is 0.498 e. The van der Waals surface area contributed by atoms with Gasteiger partial charge in [0.2, 0.25) is 0 Å². The second-order valence-corrected chi connectivity index (χ2v) is 7.62. The molecule has 2 aromatic rings. The molecule has 0 amide bonds. The molecule has 0 radical (unpaired) electrons. The molecule has 2 aromatic carbocycles. The Kier molecular flexibility index (Phi) is 5.63. The predicted molar refractivity (Wildman–Crippen MR) is 110 cm³/mol. The first-order valence-corrected chi connectivity index (χ1v) is 9.20. The van der Waals surface area contributed by atoms with Crippen molar-refractivity contribution in [2.24, 2.45) is 0 Å². The highest BCUT2D eigenvalue weighted by atomic mass is 16.7. The summed E-state index contributed by atoms with van der Waals surface area (Å²) >= 11 is 0. The van der Waals surface area contributed by atoms with Crippen LogP contribution in [0, 0.1) is 0 Å². The normalized spacial score (nSPS) is 18.0. The van der Waals surface area contributed by atoms with Crippen molar-refractivity contribution >= 4 is 18.7 Å². The first-order valence-electron chi connectivity index (χ1n) is 9.20. The number of methoxy groups -OCH3 is 1. The van der Waals surface area contributed by atoms with Gasteiger partial charge in [0.05, 0.1) is 18.3 Å². The molecule has 27 heavy (non-hydrogen) atoms. The summed E-state index contributed by atoms with van der Waals surface area (Å²) in [5.74, 6) is 1.43. The average molecular weight is 366 g/mol. The van der Waals surface area contributed by atoms with E-state index in [0.717, 1.165) is 16.8 Å². The molecule has 1 aliphatic heterocycles. The Hall–Kier alpha value is -2.24. The molecule has 0 aromatic heterocycles. The number of hydrogen-bond donors (Lipinski definition) is 0. The van der Waals surface area contributed by atoms with Crippen LogP contribution in [0.5, 0.6) is 11.5 Å². The number of benzene rings is 2. The summed E-state index contributed by atoms with van der Waals surface area (Å²) in [5, 5.41) is 0. The molecule has 1 saturated heterocycles. The molecule has 0 unspecified atom stereocenters. The Morgan fingerprint density at radius 1 is 0.963 bits per heavy atom. The first-order chi connectivity index (χ1) is 12.8. The van der Waals surface area contributed by atoms with Gasteiger partial charge in [0.25, 0.3) is 0 Å². The van der Waals surface area contributed by atoms with E-state index in [1.807, 2.05) is 76.2 Å². The van der Waals surface area contributed by atoms with Crippen molar-refractivity contribution in [2.45, 2.75) is 38.9 Å². The SMILES string of the molecule is COc1cc(OC/C=C/c2ccccc2)ccc1B1OC(C)(C)C(C)(C)O1. The van der Waals surface area contributed by atoms with Crippen molar-refractivity contribution in [3.8, 4) is 11.5 Å². The van der Waals surface area contributed by atoms with Crippen molar-refractivity contribution in [1.29, 1.82) is 0 Å². The fourth-order valence-electron chi connectivity index (χ4n) is 2.84. The summed E-state index contributed by atoms with van der Waals surface area (Å²) in [6.07, 6.45) is 4.03. The lowest BCUT2D eigenvalue weighted by Gasteiger charge is -2.32. The van der Waals surface area contributed by atoms with Crippen LogP contribution in [0.2, 0.25) is 0 Å². The Morgan fingerprint density at radius 3 is 2.26 bits per heavy atom. The van der Waals surface area contributed by atoms with Gasteiger partial charge in [0.1, 0.15) is 18.1 Å². The van der Waals surface area contributed by atoms with Crippen LogP contribution < -0.4 is 14.9 Å². The molecule has 1 aliphatic rings. The minimum absolute atomic E-state index is 0.389. The van der Waals surface area contributed by atoms with Crippen molar-refractivity contribution in [3.63, 3.8) is 0 Å². The molecular formula is C22H27BO4. The third-order valence-electron chi connectivity index (χ3n) is 5.17. The van der Waals surface area contributed by atoms with Gasteiger partial charge < -0.3 is 18.8 Å². The second-order valence-electron chi connectivity index (χ2n) is 7.62. The van der Waals surface area contributed by atoms with Crippen LogP contribution in [0.1, 0.15) is 33.3 Å². The zero-order valence-electron chi connectivity index (χ0n) is 16.7. The second kappa shape index (κ2) is 7.79. The fraction of sp³-hybridized carbons (Fsp3) is 0.364. The van der Waals surface area contributed by atoms with E-state index in [-0.39, 0.29) is 11.2 Å². The number of hydrogen-bond acceptors (Lipinski definition) is 4. The molecule has 1 fully saturated rings. The summed E-state index contributed by atoms with van der Waals surface area (Å²) < 4.78 is 23.6. The third-order valence-corrected chi connectivity index (χ3v) is 5.17. The van der Waals surface area contributed by atoms with Crippen molar-refractivity contribution in [3.05, 3.63) is 60.2 Å². The van der Waals surface area contributed by atoms with Crippen LogP contribution in [-0.4, -0.2) is 32.0 Å². The zero-order chi connectivity index (χ0) is 19.5. The molecule has 0 aliphatic carbocycles. The minimum Gasteiger partial charge on any atom is -0.497 e. The monoisotopic (exact) mass is 366 g/mol. The third kappa shape index (κ3) is 4.37. The van der Waals surface area contributed by atoms with Crippen molar-refractivity contribution in [2.75, 3.05) is 13.7 Å². The van der Waals surface area contributed by atoms with Gasteiger partial charge in [0, 0.05) is 11.5 Å². The largest absolute Gasteiger partial charge is 0.498 e. The lowest BCUT2D eigenvalue weighted by atomic mass is 9.78. The Morgan fingerprint density at radius 2 is 1.63 bits per heavy atom. The molecule has 4 nitrogen and oxygen atoms in total. The van der Waals surface area contributed by atoms with Crippen molar-refractivity contribution < 1.29 is 18.8 Å². The van der Waals surface area contributed by atoms with E-state index in [2.05, 4.69) is 12.1 Å². The van der Waals surface area contributed by atoms with Crippen LogP contribution in [0.4, 0.5) is 0 Å². The highest BCUT2D eigenvalue weighted by Gasteiger charge is 2.52. The molecule has 0 saturated carbocycles. The van der Waals surface area contributed by atoms with Gasteiger partial charge in [-0.15, -0.1) is 0 Å². The van der Waals surface area contributed by atoms with E-state index >= 15 is 0 Å². The van der Waals surface area contributed by atoms with E-state index in [4.69, 9.17) is 18.8 Å². The molecule has 0 N–H and O–H groups in total. The number of ether oxygens (including phenoxy) is 2. The van der Waals surface area contributed by atoms with Gasteiger partial charge in [-0.1, -0.05) is 42.5 Å². The van der Waals surface area contributed by atoms with E-state index in [1.165, 1.54) is 0 Å². The van der Waals surface area contributed by atoms with E-state index in [0.29, 0.717) is 12.4 Å². The van der Waals surface area contributed by atoms with Gasteiger partial charge >= 0.3 is 7.12 Å². The summed E-state index contributed by atoms with van der Waals surface area (Å²) in [4.78, 5) is 0. The summed E-state index contributed by atoms with van der Waals surface area (Å²) in [7, 11) is 1.18. The zero-order valence-corrected chi connectivity index (χ0v) is 16.7. The topological polar surface area (TPSA) is 36.9 Å². The molecule has 0 atom stereocenters. The fourth-order valence-corrected chi connectivity index (χ4v) is 2.84. The quantitative estimate of drug-likeness (QED) is 0.722. The molecule has 142 valence electrons. The minimum atomic E-state index is -0.461. The van der Waals surface area contributed by atoms with Crippen LogP contribution in [0.25, 0.3) is 6.08 Å². The predicted octanol–water partition coefficient (Wildman–Crippen LogP) is 4.09. The maximum absolute atomic E-state index is 6.13. The smallest absolute Gasteiger partial charge is 0.497 e. The molecule has 1 heterocycles. The maximum atomic E-state index is 6.13. The summed E-state index contributed by atoms with van der Waals surface area (Å²) in [5.41, 5.74) is 1.23. The lowest BCUT2D eigenvalue weighted by molar-refractivity contribution is 0.00578. The summed E-state index contributed by atoms with van der Waals surface area (Å²) in [6.45, 7) is 8.63. The molecule has 0 spiro atoms. The van der Waals surface area contributed by atoms with Gasteiger partial charge in [-0.25, -0.2) is 0 Å². The summed E-state index contributed by atoms with van der Waals surface area (Å²) in [6, 6.07) is 15.9. The highest BCUT2D eigenvalue weighted by Crippen LogP contribution is 2.37. The van der Waals surface area contributed by atoms with Crippen LogP contribution in [-0.2, 0) is 9.31 Å². The van der Waals surface area contributed by atoms with Crippen LogP contribution in [0.3, 0.4) is 0 Å². The molecule has 0 bridgehead atoms. The Bertz CT molecular complexity index is 783. The Balaban J connectivity index is 1.67. The number of rotatable bonds is 6. The van der Waals surface area contributed by atoms with Gasteiger partial charge in [-0.3, -0.25) is 0 Å². The van der Waals surface area contributed by atoms with E-state index in [9.17, 15) is 0 Å². The lowest BCUT2D eigenvalue weighted by Crippen LogP contribution is -2.41. The first kappa shape index (κ1) is 19.5. The standard InChI is InChI=1S/C22H27BO4/c1-21(2)22(3,4)27-23(26-21)19-14-13-18(16-20(19)24-5)25-15-9-12-17-10-7-6-8-11-17/h6-14,16H,15H2,1-5H3/b12-9+. The van der Waals surface area contributed by atoms with Crippen LogP contribution >= 0.6 is 0 Å². The van der Waals surface area contributed by atoms with Crippen LogP contribution in [0.15, 0.2) is 54.6 Å². The van der Waals surface area contributed by atoms with E-state index < -0.39 is 7.12 Å². The Labute approximate surface area is 162 Å². The van der Waals surface area contributed by atoms with Gasteiger partial charge in [-0.05, 0) is 45.4 Å².